The van der Waals surface area contributed by atoms with E-state index < -0.39 is 0 Å². The number of benzene rings is 1. The van der Waals surface area contributed by atoms with Gasteiger partial charge in [-0.1, -0.05) is 24.3 Å². The second-order valence-electron chi connectivity index (χ2n) is 3.83. The van der Waals surface area contributed by atoms with Crippen LogP contribution in [0.4, 0.5) is 0 Å². The van der Waals surface area contributed by atoms with Crippen LogP contribution in [0.5, 0.6) is 0 Å². The van der Waals surface area contributed by atoms with E-state index in [1.54, 1.807) is 0 Å². The summed E-state index contributed by atoms with van der Waals surface area (Å²) in [5, 5.41) is 3.73. The number of nitrogens with two attached hydrogens (primary N) is 1. The van der Waals surface area contributed by atoms with Gasteiger partial charge in [-0.15, -0.1) is 0 Å². The topological polar surface area (TPSA) is 50.1 Å². The van der Waals surface area contributed by atoms with Crippen molar-refractivity contribution < 1.29 is 0 Å². The molecule has 80 valence electrons. The van der Waals surface area contributed by atoms with Crippen LogP contribution in [0.15, 0.2) is 24.3 Å². The molecule has 0 saturated heterocycles. The van der Waals surface area contributed by atoms with Crippen molar-refractivity contribution in [3.05, 3.63) is 35.4 Å². The van der Waals surface area contributed by atoms with Crippen molar-refractivity contribution in [2.75, 3.05) is 0 Å². The minimum atomic E-state index is 0.406. The normalized spacial score (nSPS) is 19.1. The van der Waals surface area contributed by atoms with E-state index in [1.165, 1.54) is 11.1 Å². The molecule has 1 aliphatic rings. The summed E-state index contributed by atoms with van der Waals surface area (Å²) in [5.74, 6) is 5.23. The van der Waals surface area contributed by atoms with Crippen LogP contribution in [0, 0.1) is 0 Å². The van der Waals surface area contributed by atoms with E-state index in [0.29, 0.717) is 11.2 Å². The molecule has 15 heavy (non-hydrogen) atoms. The predicted molar refractivity (Wildman–Crippen MR) is 65.3 cm³/mol. The largest absolute Gasteiger partial charge is 0.359 e. The van der Waals surface area contributed by atoms with Crippen LogP contribution >= 0.6 is 12.2 Å². The van der Waals surface area contributed by atoms with E-state index in [0.717, 1.165) is 19.3 Å². The van der Waals surface area contributed by atoms with Gasteiger partial charge in [-0.3, -0.25) is 0 Å². The summed E-state index contributed by atoms with van der Waals surface area (Å²) in [5.41, 5.74) is 5.33. The molecule has 1 aliphatic carbocycles. The molecule has 0 amide bonds. The molecule has 1 unspecified atom stereocenters. The minimum absolute atomic E-state index is 0.406. The number of hydrazine groups is 1. The summed E-state index contributed by atoms with van der Waals surface area (Å²) in [4.78, 5) is 0. The van der Waals surface area contributed by atoms with E-state index in [2.05, 4.69) is 35.0 Å². The monoisotopic (exact) mass is 221 g/mol. The predicted octanol–water partition coefficient (Wildman–Crippen LogP) is 0.882. The first-order chi connectivity index (χ1) is 7.29. The highest BCUT2D eigenvalue weighted by atomic mass is 32.1. The van der Waals surface area contributed by atoms with Crippen molar-refractivity contribution in [3.8, 4) is 0 Å². The van der Waals surface area contributed by atoms with Gasteiger partial charge in [0.15, 0.2) is 5.11 Å². The maximum Gasteiger partial charge on any atom is 0.180 e. The lowest BCUT2D eigenvalue weighted by atomic mass is 9.88. The van der Waals surface area contributed by atoms with Crippen LogP contribution in [-0.2, 0) is 12.8 Å². The summed E-state index contributed by atoms with van der Waals surface area (Å²) in [6.07, 6.45) is 3.25. The van der Waals surface area contributed by atoms with Crippen LogP contribution in [0.2, 0.25) is 0 Å². The number of hydrogen-bond acceptors (Lipinski definition) is 2. The van der Waals surface area contributed by atoms with Crippen molar-refractivity contribution in [2.45, 2.75) is 25.3 Å². The van der Waals surface area contributed by atoms with Gasteiger partial charge in [0.25, 0.3) is 0 Å². The molecular weight excluding hydrogens is 206 g/mol. The van der Waals surface area contributed by atoms with Crippen molar-refractivity contribution in [1.29, 1.82) is 0 Å². The first kappa shape index (κ1) is 10.4. The Kier molecular flexibility index (Phi) is 3.18. The summed E-state index contributed by atoms with van der Waals surface area (Å²) in [6.45, 7) is 0. The number of hydrogen-bond donors (Lipinski definition) is 3. The second kappa shape index (κ2) is 4.59. The van der Waals surface area contributed by atoms with Crippen LogP contribution in [0.1, 0.15) is 17.5 Å². The molecule has 0 aromatic heterocycles. The molecule has 4 N–H and O–H groups in total. The van der Waals surface area contributed by atoms with Gasteiger partial charge in [0, 0.05) is 6.04 Å². The smallest absolute Gasteiger partial charge is 0.180 e. The summed E-state index contributed by atoms with van der Waals surface area (Å²) < 4.78 is 0. The van der Waals surface area contributed by atoms with Crippen LogP contribution in [-0.4, -0.2) is 11.2 Å². The molecule has 0 bridgehead atoms. The molecule has 2 rings (SSSR count). The number of nitrogens with one attached hydrogen (secondary N) is 2. The standard InChI is InChI=1S/C11H15N3S/c12-14-11(15)13-10-6-5-8-3-1-2-4-9(8)7-10/h1-4,10H,5-7,12H2,(H2,13,14,15). The van der Waals surface area contributed by atoms with Gasteiger partial charge in [0.05, 0.1) is 0 Å². The van der Waals surface area contributed by atoms with E-state index in [4.69, 9.17) is 18.1 Å². The molecule has 0 saturated carbocycles. The maximum absolute atomic E-state index is 5.23. The van der Waals surface area contributed by atoms with Gasteiger partial charge < -0.3 is 10.7 Å². The highest BCUT2D eigenvalue weighted by Gasteiger charge is 2.18. The zero-order valence-electron chi connectivity index (χ0n) is 8.49. The van der Waals surface area contributed by atoms with Gasteiger partial charge >= 0.3 is 0 Å². The Morgan fingerprint density at radius 3 is 2.80 bits per heavy atom. The van der Waals surface area contributed by atoms with Crippen molar-refractivity contribution in [3.63, 3.8) is 0 Å². The zero-order chi connectivity index (χ0) is 10.7. The van der Waals surface area contributed by atoms with Crippen molar-refractivity contribution in [1.82, 2.24) is 10.7 Å². The molecule has 1 aromatic carbocycles. The number of aryl methyl sites for hydroxylation is 1. The molecule has 0 fully saturated rings. The number of rotatable bonds is 1. The van der Waals surface area contributed by atoms with Crippen molar-refractivity contribution in [2.24, 2.45) is 5.84 Å². The molecule has 3 nitrogen and oxygen atoms in total. The highest BCUT2D eigenvalue weighted by molar-refractivity contribution is 7.80. The number of fused-ring (bicyclic) bond motifs is 1. The lowest BCUT2D eigenvalue weighted by Gasteiger charge is -2.26. The van der Waals surface area contributed by atoms with E-state index >= 15 is 0 Å². The van der Waals surface area contributed by atoms with Crippen molar-refractivity contribution >= 4 is 17.3 Å². The van der Waals surface area contributed by atoms with Gasteiger partial charge in [-0.25, -0.2) is 5.84 Å². The average molecular weight is 221 g/mol. The van der Waals surface area contributed by atoms with E-state index in [1.807, 2.05) is 0 Å². The average Bonchev–Trinajstić information content (AvgIpc) is 2.29. The van der Waals surface area contributed by atoms with Crippen LogP contribution in [0.25, 0.3) is 0 Å². The van der Waals surface area contributed by atoms with Gasteiger partial charge in [0.2, 0.25) is 0 Å². The third kappa shape index (κ3) is 2.46. The fourth-order valence-corrected chi connectivity index (χ4v) is 2.21. The fourth-order valence-electron chi connectivity index (χ4n) is 2.05. The quantitative estimate of drug-likeness (QED) is 0.374. The van der Waals surface area contributed by atoms with E-state index in [9.17, 15) is 0 Å². The molecule has 1 atom stereocenters. The van der Waals surface area contributed by atoms with Crippen LogP contribution in [0.3, 0.4) is 0 Å². The van der Waals surface area contributed by atoms with Gasteiger partial charge in [-0.05, 0) is 42.6 Å². The molecule has 0 aliphatic heterocycles. The maximum atomic E-state index is 5.23. The van der Waals surface area contributed by atoms with Crippen LogP contribution < -0.4 is 16.6 Å². The first-order valence-electron chi connectivity index (χ1n) is 5.13. The Hall–Kier alpha value is -1.13. The SMILES string of the molecule is NNC(=S)NC1CCc2ccccc2C1. The Labute approximate surface area is 95.0 Å². The lowest BCUT2D eigenvalue weighted by molar-refractivity contribution is 0.525. The Balaban J connectivity index is 2.02. The zero-order valence-corrected chi connectivity index (χ0v) is 9.31. The third-order valence-electron chi connectivity index (χ3n) is 2.81. The summed E-state index contributed by atoms with van der Waals surface area (Å²) in [7, 11) is 0. The Morgan fingerprint density at radius 2 is 2.07 bits per heavy atom. The Bertz CT molecular complexity index is 365. The van der Waals surface area contributed by atoms with Gasteiger partial charge in [0.1, 0.15) is 0 Å². The number of thiocarbonyl (C=S) groups is 1. The summed E-state index contributed by atoms with van der Waals surface area (Å²) in [6, 6.07) is 8.97. The van der Waals surface area contributed by atoms with Gasteiger partial charge in [-0.2, -0.15) is 0 Å². The van der Waals surface area contributed by atoms with E-state index in [-0.39, 0.29) is 0 Å². The first-order valence-corrected chi connectivity index (χ1v) is 5.54. The molecule has 0 spiro atoms. The molecule has 0 radical (unpaired) electrons. The molecule has 4 heteroatoms. The molecule has 0 heterocycles. The summed E-state index contributed by atoms with van der Waals surface area (Å²) >= 11 is 4.99. The highest BCUT2D eigenvalue weighted by Crippen LogP contribution is 2.20. The minimum Gasteiger partial charge on any atom is -0.359 e. The third-order valence-corrected chi connectivity index (χ3v) is 3.05. The molecular formula is C11H15N3S. The Morgan fingerprint density at radius 1 is 1.33 bits per heavy atom. The molecule has 1 aromatic rings. The fraction of sp³-hybridized carbons (Fsp3) is 0.364. The second-order valence-corrected chi connectivity index (χ2v) is 4.23. The lowest BCUT2D eigenvalue weighted by Crippen LogP contribution is -2.46.